The fraction of sp³-hybridized carbons (Fsp3) is 0.200. The number of nitrogens with one attached hydrogen (secondary N) is 1. The second kappa shape index (κ2) is 5.71. The number of thiophene rings is 1. The van der Waals surface area contributed by atoms with Gasteiger partial charge >= 0.3 is 0 Å². The van der Waals surface area contributed by atoms with Crippen LogP contribution in [-0.4, -0.2) is 29.0 Å². The van der Waals surface area contributed by atoms with Crippen LogP contribution in [0, 0.1) is 0 Å². The molecule has 0 amide bonds. The van der Waals surface area contributed by atoms with Crippen LogP contribution >= 0.6 is 27.3 Å². The third-order valence-electron chi connectivity index (χ3n) is 3.04. The van der Waals surface area contributed by atoms with Crippen molar-refractivity contribution in [2.45, 2.75) is 6.54 Å². The molecule has 0 radical (unpaired) electrons. The van der Waals surface area contributed by atoms with Crippen molar-refractivity contribution in [1.82, 2.24) is 14.9 Å². The fourth-order valence-corrected chi connectivity index (χ4v) is 4.08. The second-order valence-electron chi connectivity index (χ2n) is 5.04. The van der Waals surface area contributed by atoms with Gasteiger partial charge in [0.1, 0.15) is 16.0 Å². The fourth-order valence-electron chi connectivity index (χ4n) is 2.16. The Hall–Kier alpha value is -1.50. The molecule has 1 aromatic carbocycles. The molecule has 6 heteroatoms. The summed E-state index contributed by atoms with van der Waals surface area (Å²) >= 11 is 5.07. The average molecular weight is 364 g/mol. The van der Waals surface area contributed by atoms with Crippen molar-refractivity contribution in [3.05, 3.63) is 51.0 Å². The SMILES string of the molecule is CN(C)Cc1nc2c(Br)c(-c3ccccc3)sc2c(=O)[nH]1. The largest absolute Gasteiger partial charge is 0.308 e. The van der Waals surface area contributed by atoms with Crippen LogP contribution in [0.5, 0.6) is 0 Å². The molecule has 0 fully saturated rings. The highest BCUT2D eigenvalue weighted by Crippen LogP contribution is 2.39. The van der Waals surface area contributed by atoms with Crippen LogP contribution in [0.2, 0.25) is 0 Å². The number of nitrogens with zero attached hydrogens (tertiary/aromatic N) is 2. The molecule has 0 atom stereocenters. The lowest BCUT2D eigenvalue weighted by Crippen LogP contribution is -2.17. The Morgan fingerprint density at radius 1 is 1.29 bits per heavy atom. The summed E-state index contributed by atoms with van der Waals surface area (Å²) in [6.07, 6.45) is 0. The molecule has 2 heterocycles. The van der Waals surface area contributed by atoms with Crippen LogP contribution in [0.1, 0.15) is 5.82 Å². The number of benzene rings is 1. The highest BCUT2D eigenvalue weighted by molar-refractivity contribution is 9.10. The van der Waals surface area contributed by atoms with Crippen molar-refractivity contribution >= 4 is 37.5 Å². The Morgan fingerprint density at radius 2 is 2.00 bits per heavy atom. The molecule has 0 spiro atoms. The highest BCUT2D eigenvalue weighted by Gasteiger charge is 2.16. The summed E-state index contributed by atoms with van der Waals surface area (Å²) in [6.45, 7) is 0.605. The summed E-state index contributed by atoms with van der Waals surface area (Å²) in [7, 11) is 3.89. The van der Waals surface area contributed by atoms with Crippen LogP contribution in [-0.2, 0) is 6.54 Å². The third-order valence-corrected chi connectivity index (χ3v) is 5.30. The van der Waals surface area contributed by atoms with Gasteiger partial charge < -0.3 is 9.88 Å². The van der Waals surface area contributed by atoms with Gasteiger partial charge in [-0.1, -0.05) is 30.3 Å². The Kier molecular flexibility index (Phi) is 3.93. The summed E-state index contributed by atoms with van der Waals surface area (Å²) in [5, 5.41) is 0. The zero-order valence-electron chi connectivity index (χ0n) is 11.7. The van der Waals surface area contributed by atoms with Crippen LogP contribution < -0.4 is 5.56 Å². The summed E-state index contributed by atoms with van der Waals surface area (Å²) < 4.78 is 1.54. The van der Waals surface area contributed by atoms with Gasteiger partial charge in [-0.05, 0) is 35.6 Å². The van der Waals surface area contributed by atoms with E-state index in [1.54, 1.807) is 0 Å². The molecule has 3 rings (SSSR count). The van der Waals surface area contributed by atoms with Gasteiger partial charge in [0, 0.05) is 0 Å². The first kappa shape index (κ1) is 14.4. The zero-order chi connectivity index (χ0) is 15.0. The summed E-state index contributed by atoms with van der Waals surface area (Å²) in [5.41, 5.74) is 1.74. The highest BCUT2D eigenvalue weighted by atomic mass is 79.9. The maximum Gasteiger partial charge on any atom is 0.268 e. The minimum absolute atomic E-state index is 0.0790. The van der Waals surface area contributed by atoms with Crippen LogP contribution in [0.15, 0.2) is 39.6 Å². The van der Waals surface area contributed by atoms with E-state index in [9.17, 15) is 4.79 Å². The number of aromatic nitrogens is 2. The first-order valence-corrected chi connectivity index (χ1v) is 8.08. The van der Waals surface area contributed by atoms with E-state index in [0.29, 0.717) is 17.1 Å². The molecule has 0 aliphatic rings. The predicted octanol–water partition coefficient (Wildman–Crippen LogP) is 3.48. The van der Waals surface area contributed by atoms with Crippen LogP contribution in [0.3, 0.4) is 0 Å². The number of halogens is 1. The molecule has 1 N–H and O–H groups in total. The molecule has 0 bridgehead atoms. The number of fused-ring (bicyclic) bond motifs is 1. The molecular formula is C15H14BrN3OS. The van der Waals surface area contributed by atoms with Gasteiger partial charge in [0.05, 0.1) is 15.9 Å². The second-order valence-corrected chi connectivity index (χ2v) is 6.85. The van der Waals surface area contributed by atoms with Gasteiger partial charge in [-0.3, -0.25) is 4.79 Å². The summed E-state index contributed by atoms with van der Waals surface area (Å²) in [5.74, 6) is 0.676. The van der Waals surface area contributed by atoms with Gasteiger partial charge in [0.15, 0.2) is 0 Å². The van der Waals surface area contributed by atoms with Gasteiger partial charge in [-0.15, -0.1) is 11.3 Å². The first-order valence-electron chi connectivity index (χ1n) is 6.47. The van der Waals surface area contributed by atoms with E-state index in [2.05, 4.69) is 25.9 Å². The molecule has 0 saturated carbocycles. The van der Waals surface area contributed by atoms with E-state index < -0.39 is 0 Å². The van der Waals surface area contributed by atoms with Crippen molar-refractivity contribution in [2.24, 2.45) is 0 Å². The molecule has 0 aliphatic heterocycles. The first-order chi connectivity index (χ1) is 10.1. The Balaban J connectivity index is 2.21. The Bertz CT molecular complexity index is 839. The van der Waals surface area contributed by atoms with Crippen molar-refractivity contribution < 1.29 is 0 Å². The van der Waals surface area contributed by atoms with Gasteiger partial charge in [0.25, 0.3) is 5.56 Å². The molecule has 2 aromatic heterocycles. The van der Waals surface area contributed by atoms with Crippen LogP contribution in [0.25, 0.3) is 20.7 Å². The lowest BCUT2D eigenvalue weighted by Gasteiger charge is -2.08. The number of hydrogen-bond acceptors (Lipinski definition) is 4. The van der Waals surface area contributed by atoms with E-state index in [-0.39, 0.29) is 5.56 Å². The molecule has 0 saturated heterocycles. The quantitative estimate of drug-likeness (QED) is 0.774. The lowest BCUT2D eigenvalue weighted by atomic mass is 10.2. The Morgan fingerprint density at radius 3 is 2.67 bits per heavy atom. The zero-order valence-corrected chi connectivity index (χ0v) is 14.1. The maximum absolute atomic E-state index is 12.3. The van der Waals surface area contributed by atoms with Gasteiger partial charge in [-0.2, -0.15) is 0 Å². The summed E-state index contributed by atoms with van der Waals surface area (Å²) in [4.78, 5) is 22.7. The number of rotatable bonds is 3. The molecular weight excluding hydrogens is 350 g/mol. The topological polar surface area (TPSA) is 49.0 Å². The normalized spacial score (nSPS) is 11.4. The van der Waals surface area contributed by atoms with E-state index in [1.165, 1.54) is 11.3 Å². The van der Waals surface area contributed by atoms with E-state index >= 15 is 0 Å². The lowest BCUT2D eigenvalue weighted by molar-refractivity contribution is 0.390. The predicted molar refractivity (Wildman–Crippen MR) is 90.8 cm³/mol. The standard InChI is InChI=1S/C15H14BrN3OS/c1-19(2)8-10-17-12-11(16)13(9-6-4-3-5-7-9)21-14(12)15(20)18-10/h3-7H,8H2,1-2H3,(H,17,18,20). The van der Waals surface area contributed by atoms with Crippen molar-refractivity contribution in [1.29, 1.82) is 0 Å². The van der Waals surface area contributed by atoms with Gasteiger partial charge in [-0.25, -0.2) is 4.98 Å². The molecule has 21 heavy (non-hydrogen) atoms. The molecule has 4 nitrogen and oxygen atoms in total. The maximum atomic E-state index is 12.3. The molecule has 108 valence electrons. The van der Waals surface area contributed by atoms with E-state index in [1.807, 2.05) is 49.3 Å². The molecule has 0 aliphatic carbocycles. The smallest absolute Gasteiger partial charge is 0.268 e. The average Bonchev–Trinajstić information content (AvgIpc) is 2.77. The monoisotopic (exact) mass is 363 g/mol. The Labute approximate surface area is 134 Å². The number of hydrogen-bond donors (Lipinski definition) is 1. The summed E-state index contributed by atoms with van der Waals surface area (Å²) in [6, 6.07) is 10.0. The van der Waals surface area contributed by atoms with Crippen LogP contribution in [0.4, 0.5) is 0 Å². The van der Waals surface area contributed by atoms with Crippen molar-refractivity contribution in [2.75, 3.05) is 14.1 Å². The molecule has 0 unspecified atom stereocenters. The van der Waals surface area contributed by atoms with E-state index in [4.69, 9.17) is 0 Å². The number of aromatic amines is 1. The van der Waals surface area contributed by atoms with Crippen molar-refractivity contribution in [3.8, 4) is 10.4 Å². The van der Waals surface area contributed by atoms with Gasteiger partial charge in [0.2, 0.25) is 0 Å². The minimum atomic E-state index is -0.0790. The van der Waals surface area contributed by atoms with E-state index in [0.717, 1.165) is 20.4 Å². The minimum Gasteiger partial charge on any atom is -0.308 e. The third kappa shape index (κ3) is 2.79. The van der Waals surface area contributed by atoms with Crippen molar-refractivity contribution in [3.63, 3.8) is 0 Å². The molecule has 3 aromatic rings. The number of H-pyrrole nitrogens is 1.